The van der Waals surface area contributed by atoms with Crippen molar-refractivity contribution in [2.24, 2.45) is 0 Å². The summed E-state index contributed by atoms with van der Waals surface area (Å²) < 4.78 is 26.7. The number of nitrogens with zero attached hydrogens (tertiary/aromatic N) is 1. The number of hydrogen-bond donors (Lipinski definition) is 0. The number of carbonyl (C=O) groups excluding carboxylic acids is 1. The standard InChI is InChI=1S/C14H17F2NO/c1-9-4-3-5-10(2)17(9)14(18)12-8-11(15)6-7-13(12)16/h6-10H,3-5H2,1-2H3. The van der Waals surface area contributed by atoms with E-state index in [0.29, 0.717) is 0 Å². The smallest absolute Gasteiger partial charge is 0.257 e. The van der Waals surface area contributed by atoms with Gasteiger partial charge in [0.05, 0.1) is 5.56 Å². The van der Waals surface area contributed by atoms with E-state index in [1.54, 1.807) is 4.90 Å². The molecule has 1 amide bonds. The first kappa shape index (κ1) is 13.0. The molecule has 2 atom stereocenters. The lowest BCUT2D eigenvalue weighted by Gasteiger charge is -2.39. The number of rotatable bonds is 1. The molecule has 0 spiro atoms. The maximum Gasteiger partial charge on any atom is 0.257 e. The number of piperidine rings is 1. The zero-order valence-corrected chi connectivity index (χ0v) is 10.6. The zero-order valence-electron chi connectivity index (χ0n) is 10.6. The van der Waals surface area contributed by atoms with Gasteiger partial charge in [0, 0.05) is 12.1 Å². The number of amides is 1. The summed E-state index contributed by atoms with van der Waals surface area (Å²) in [4.78, 5) is 14.0. The third-order valence-corrected chi connectivity index (χ3v) is 3.59. The van der Waals surface area contributed by atoms with Crippen molar-refractivity contribution < 1.29 is 13.6 Å². The summed E-state index contributed by atoms with van der Waals surface area (Å²) in [5.41, 5.74) is -0.171. The van der Waals surface area contributed by atoms with Crippen LogP contribution in [0, 0.1) is 11.6 Å². The molecule has 0 bridgehead atoms. The minimum absolute atomic E-state index is 0.0731. The van der Waals surface area contributed by atoms with Gasteiger partial charge in [-0.15, -0.1) is 0 Å². The van der Waals surface area contributed by atoms with Gasteiger partial charge in [0.1, 0.15) is 11.6 Å². The Morgan fingerprint density at radius 1 is 1.22 bits per heavy atom. The molecule has 18 heavy (non-hydrogen) atoms. The maximum atomic E-state index is 13.6. The molecule has 1 fully saturated rings. The number of likely N-dealkylation sites (tertiary alicyclic amines) is 1. The molecule has 4 heteroatoms. The van der Waals surface area contributed by atoms with E-state index in [1.165, 1.54) is 0 Å². The van der Waals surface area contributed by atoms with Crippen molar-refractivity contribution in [1.82, 2.24) is 4.90 Å². The van der Waals surface area contributed by atoms with Gasteiger partial charge in [0.2, 0.25) is 0 Å². The number of benzene rings is 1. The molecule has 1 aliphatic heterocycles. The molecule has 0 aliphatic carbocycles. The largest absolute Gasteiger partial charge is 0.333 e. The highest BCUT2D eigenvalue weighted by Crippen LogP contribution is 2.25. The first-order valence-corrected chi connectivity index (χ1v) is 6.28. The van der Waals surface area contributed by atoms with Crippen molar-refractivity contribution in [3.05, 3.63) is 35.4 Å². The topological polar surface area (TPSA) is 20.3 Å². The van der Waals surface area contributed by atoms with Crippen LogP contribution in [0.2, 0.25) is 0 Å². The highest BCUT2D eigenvalue weighted by molar-refractivity contribution is 5.95. The molecule has 1 aromatic carbocycles. The van der Waals surface area contributed by atoms with E-state index in [0.717, 1.165) is 37.5 Å². The molecule has 2 unspecified atom stereocenters. The number of hydrogen-bond acceptors (Lipinski definition) is 1. The van der Waals surface area contributed by atoms with Gasteiger partial charge in [-0.2, -0.15) is 0 Å². The van der Waals surface area contributed by atoms with Crippen molar-refractivity contribution in [3.63, 3.8) is 0 Å². The van der Waals surface area contributed by atoms with Crippen LogP contribution in [0.4, 0.5) is 8.78 Å². The van der Waals surface area contributed by atoms with Crippen molar-refractivity contribution in [1.29, 1.82) is 0 Å². The fraction of sp³-hybridized carbons (Fsp3) is 0.500. The van der Waals surface area contributed by atoms with Gasteiger partial charge in [-0.1, -0.05) is 0 Å². The second kappa shape index (κ2) is 5.04. The quantitative estimate of drug-likeness (QED) is 0.751. The first-order chi connectivity index (χ1) is 8.50. The normalized spacial score (nSPS) is 24.1. The van der Waals surface area contributed by atoms with Crippen molar-refractivity contribution in [2.75, 3.05) is 0 Å². The Morgan fingerprint density at radius 3 is 2.44 bits per heavy atom. The average molecular weight is 253 g/mol. The summed E-state index contributed by atoms with van der Waals surface area (Å²) in [7, 11) is 0. The first-order valence-electron chi connectivity index (χ1n) is 6.28. The lowest BCUT2D eigenvalue weighted by Crippen LogP contribution is -2.47. The highest BCUT2D eigenvalue weighted by Gasteiger charge is 2.31. The van der Waals surface area contributed by atoms with Gasteiger partial charge in [-0.05, 0) is 51.3 Å². The van der Waals surface area contributed by atoms with Gasteiger partial charge in [-0.25, -0.2) is 8.78 Å². The third-order valence-electron chi connectivity index (χ3n) is 3.59. The van der Waals surface area contributed by atoms with Crippen LogP contribution in [0.3, 0.4) is 0 Å². The summed E-state index contributed by atoms with van der Waals surface area (Å²) in [6.45, 7) is 3.90. The van der Waals surface area contributed by atoms with Crippen LogP contribution in [-0.4, -0.2) is 22.9 Å². The minimum atomic E-state index is -0.661. The fourth-order valence-corrected chi connectivity index (χ4v) is 2.62. The Balaban J connectivity index is 2.32. The molecule has 0 N–H and O–H groups in total. The molecule has 2 nitrogen and oxygen atoms in total. The number of halogens is 2. The van der Waals surface area contributed by atoms with E-state index in [9.17, 15) is 13.6 Å². The van der Waals surface area contributed by atoms with Crippen LogP contribution >= 0.6 is 0 Å². The Hall–Kier alpha value is -1.45. The molecule has 1 saturated heterocycles. The number of carbonyl (C=O) groups is 1. The Kier molecular flexibility index (Phi) is 3.64. The van der Waals surface area contributed by atoms with Crippen LogP contribution in [0.5, 0.6) is 0 Å². The second-order valence-electron chi connectivity index (χ2n) is 4.97. The molecule has 1 aliphatic rings. The maximum absolute atomic E-state index is 13.6. The van der Waals surface area contributed by atoms with E-state index < -0.39 is 17.5 Å². The molecule has 0 aromatic heterocycles. The van der Waals surface area contributed by atoms with E-state index in [-0.39, 0.29) is 17.6 Å². The highest BCUT2D eigenvalue weighted by atomic mass is 19.1. The van der Waals surface area contributed by atoms with Gasteiger partial charge < -0.3 is 4.90 Å². The Bertz CT molecular complexity index is 451. The predicted octanol–water partition coefficient (Wildman–Crippen LogP) is 3.37. The second-order valence-corrected chi connectivity index (χ2v) is 4.97. The Morgan fingerprint density at radius 2 is 1.83 bits per heavy atom. The van der Waals surface area contributed by atoms with Gasteiger partial charge in [0.15, 0.2) is 0 Å². The molecule has 0 radical (unpaired) electrons. The zero-order chi connectivity index (χ0) is 13.3. The monoisotopic (exact) mass is 253 g/mol. The van der Waals surface area contributed by atoms with Gasteiger partial charge in [0.25, 0.3) is 5.91 Å². The van der Waals surface area contributed by atoms with Crippen molar-refractivity contribution in [3.8, 4) is 0 Å². The van der Waals surface area contributed by atoms with E-state index >= 15 is 0 Å². The molecular formula is C14H17F2NO. The van der Waals surface area contributed by atoms with Crippen LogP contribution in [-0.2, 0) is 0 Å². The van der Waals surface area contributed by atoms with Crippen LogP contribution < -0.4 is 0 Å². The van der Waals surface area contributed by atoms with Crippen molar-refractivity contribution in [2.45, 2.75) is 45.2 Å². The fourth-order valence-electron chi connectivity index (χ4n) is 2.62. The SMILES string of the molecule is CC1CCCC(C)N1C(=O)c1cc(F)ccc1F. The Labute approximate surface area is 106 Å². The van der Waals surface area contributed by atoms with Crippen LogP contribution in [0.15, 0.2) is 18.2 Å². The lowest BCUT2D eigenvalue weighted by molar-refractivity contribution is 0.0505. The lowest BCUT2D eigenvalue weighted by atomic mass is 9.96. The van der Waals surface area contributed by atoms with Crippen LogP contribution in [0.25, 0.3) is 0 Å². The van der Waals surface area contributed by atoms with Crippen molar-refractivity contribution >= 4 is 5.91 Å². The van der Waals surface area contributed by atoms with E-state index in [4.69, 9.17) is 0 Å². The van der Waals surface area contributed by atoms with Crippen LogP contribution in [0.1, 0.15) is 43.5 Å². The average Bonchev–Trinajstić information content (AvgIpc) is 2.32. The van der Waals surface area contributed by atoms with Gasteiger partial charge in [-0.3, -0.25) is 4.79 Å². The molecule has 1 aromatic rings. The molecule has 0 saturated carbocycles. The molecule has 2 rings (SSSR count). The third kappa shape index (κ3) is 2.37. The summed E-state index contributed by atoms with van der Waals surface area (Å²) >= 11 is 0. The molecule has 1 heterocycles. The molecular weight excluding hydrogens is 236 g/mol. The summed E-state index contributed by atoms with van der Waals surface area (Å²) in [5.74, 6) is -1.66. The minimum Gasteiger partial charge on any atom is -0.333 e. The van der Waals surface area contributed by atoms with E-state index in [1.807, 2.05) is 13.8 Å². The summed E-state index contributed by atoms with van der Waals surface area (Å²) in [6.07, 6.45) is 2.89. The summed E-state index contributed by atoms with van der Waals surface area (Å²) in [5, 5.41) is 0. The predicted molar refractivity (Wildman–Crippen MR) is 65.3 cm³/mol. The molecule has 98 valence electrons. The summed E-state index contributed by atoms with van der Waals surface area (Å²) in [6, 6.07) is 3.15. The van der Waals surface area contributed by atoms with E-state index in [2.05, 4.69) is 0 Å². The van der Waals surface area contributed by atoms with Gasteiger partial charge >= 0.3 is 0 Å².